The van der Waals surface area contributed by atoms with Crippen molar-refractivity contribution >= 4 is 22.5 Å². The number of para-hydroxylation sites is 1. The van der Waals surface area contributed by atoms with Crippen molar-refractivity contribution in [3.05, 3.63) is 71.9 Å². The highest BCUT2D eigenvalue weighted by atomic mass is 16.2. The summed E-state index contributed by atoms with van der Waals surface area (Å²) in [4.78, 5) is 21.5. The van der Waals surface area contributed by atoms with Crippen LogP contribution >= 0.6 is 0 Å². The fourth-order valence-corrected chi connectivity index (χ4v) is 3.27. The molecule has 0 saturated carbocycles. The first-order valence-electron chi connectivity index (χ1n) is 8.67. The van der Waals surface area contributed by atoms with E-state index in [4.69, 9.17) is 0 Å². The third kappa shape index (κ3) is 3.20. The first kappa shape index (κ1) is 15.6. The Kier molecular flexibility index (Phi) is 4.10. The maximum Gasteiger partial charge on any atom is 0.272 e. The monoisotopic (exact) mass is 331 g/mol. The standard InChI is InChI=1S/C21H21N3O/c1-16-6-9-18(10-7-16)23-12-14-24(15-13-23)21(25)20-11-8-17-4-2-3-5-19(17)22-20/h2-11H,12-15H2,1H3. The molecule has 1 aromatic heterocycles. The van der Waals surface area contributed by atoms with Gasteiger partial charge in [0.05, 0.1) is 5.52 Å². The molecule has 0 bridgehead atoms. The van der Waals surface area contributed by atoms with Crippen LogP contribution in [-0.2, 0) is 0 Å². The first-order chi connectivity index (χ1) is 12.2. The zero-order valence-corrected chi connectivity index (χ0v) is 14.4. The summed E-state index contributed by atoms with van der Waals surface area (Å²) in [7, 11) is 0. The summed E-state index contributed by atoms with van der Waals surface area (Å²) in [5.41, 5.74) is 3.88. The minimum Gasteiger partial charge on any atom is -0.368 e. The molecule has 0 N–H and O–H groups in total. The summed E-state index contributed by atoms with van der Waals surface area (Å²) in [5.74, 6) is 0.0225. The van der Waals surface area contributed by atoms with Gasteiger partial charge in [-0.1, -0.05) is 42.0 Å². The number of hydrogen-bond acceptors (Lipinski definition) is 3. The number of carbonyl (C=O) groups excluding carboxylic acids is 1. The van der Waals surface area contributed by atoms with Gasteiger partial charge in [-0.2, -0.15) is 0 Å². The molecule has 25 heavy (non-hydrogen) atoms. The molecule has 4 heteroatoms. The number of carbonyl (C=O) groups is 1. The Labute approximate surface area is 147 Å². The molecule has 2 aromatic carbocycles. The van der Waals surface area contributed by atoms with Crippen LogP contribution in [0.4, 0.5) is 5.69 Å². The number of hydrogen-bond donors (Lipinski definition) is 0. The van der Waals surface area contributed by atoms with E-state index < -0.39 is 0 Å². The maximum absolute atomic E-state index is 12.8. The van der Waals surface area contributed by atoms with Crippen molar-refractivity contribution in [2.24, 2.45) is 0 Å². The van der Waals surface area contributed by atoms with Crippen molar-refractivity contribution < 1.29 is 4.79 Å². The van der Waals surface area contributed by atoms with Crippen LogP contribution in [0.25, 0.3) is 10.9 Å². The molecule has 1 aliphatic heterocycles. The van der Waals surface area contributed by atoms with Crippen molar-refractivity contribution in [1.82, 2.24) is 9.88 Å². The predicted octanol–water partition coefficient (Wildman–Crippen LogP) is 3.51. The number of piperazine rings is 1. The van der Waals surface area contributed by atoms with Gasteiger partial charge >= 0.3 is 0 Å². The SMILES string of the molecule is Cc1ccc(N2CCN(C(=O)c3ccc4ccccc4n3)CC2)cc1. The lowest BCUT2D eigenvalue weighted by Gasteiger charge is -2.36. The molecule has 2 heterocycles. The van der Waals surface area contributed by atoms with Crippen LogP contribution in [0.15, 0.2) is 60.7 Å². The molecule has 1 amide bonds. The van der Waals surface area contributed by atoms with Gasteiger partial charge in [-0.05, 0) is 31.2 Å². The van der Waals surface area contributed by atoms with E-state index in [0.29, 0.717) is 5.69 Å². The van der Waals surface area contributed by atoms with E-state index in [0.717, 1.165) is 37.1 Å². The fourth-order valence-electron chi connectivity index (χ4n) is 3.27. The number of anilines is 1. The van der Waals surface area contributed by atoms with Gasteiger partial charge in [0.1, 0.15) is 5.69 Å². The molecular formula is C21H21N3O. The molecule has 1 saturated heterocycles. The number of pyridine rings is 1. The van der Waals surface area contributed by atoms with Crippen LogP contribution in [0.2, 0.25) is 0 Å². The van der Waals surface area contributed by atoms with Crippen molar-refractivity contribution in [3.63, 3.8) is 0 Å². The third-order valence-corrected chi connectivity index (χ3v) is 4.78. The van der Waals surface area contributed by atoms with Gasteiger partial charge in [0.2, 0.25) is 0 Å². The fraction of sp³-hybridized carbons (Fsp3) is 0.238. The highest BCUT2D eigenvalue weighted by Crippen LogP contribution is 2.18. The normalized spacial score (nSPS) is 14.8. The second-order valence-electron chi connectivity index (χ2n) is 6.50. The largest absolute Gasteiger partial charge is 0.368 e. The van der Waals surface area contributed by atoms with Crippen molar-refractivity contribution in [2.45, 2.75) is 6.92 Å². The number of aryl methyl sites for hydroxylation is 1. The summed E-state index contributed by atoms with van der Waals surface area (Å²) >= 11 is 0. The predicted molar refractivity (Wildman–Crippen MR) is 101 cm³/mol. The first-order valence-corrected chi connectivity index (χ1v) is 8.67. The Bertz CT molecular complexity index is 896. The van der Waals surface area contributed by atoms with E-state index in [1.807, 2.05) is 41.3 Å². The lowest BCUT2D eigenvalue weighted by molar-refractivity contribution is 0.0741. The summed E-state index contributed by atoms with van der Waals surface area (Å²) in [6.07, 6.45) is 0. The maximum atomic E-state index is 12.8. The van der Waals surface area contributed by atoms with Crippen molar-refractivity contribution in [2.75, 3.05) is 31.1 Å². The van der Waals surface area contributed by atoms with Gasteiger partial charge < -0.3 is 9.80 Å². The van der Waals surface area contributed by atoms with E-state index in [1.54, 1.807) is 0 Å². The van der Waals surface area contributed by atoms with Gasteiger partial charge in [0.15, 0.2) is 0 Å². The molecule has 126 valence electrons. The number of rotatable bonds is 2. The summed E-state index contributed by atoms with van der Waals surface area (Å²) < 4.78 is 0. The van der Waals surface area contributed by atoms with Crippen LogP contribution in [0, 0.1) is 6.92 Å². The van der Waals surface area contributed by atoms with Crippen LogP contribution in [0.3, 0.4) is 0 Å². The average Bonchev–Trinajstić information content (AvgIpc) is 2.68. The van der Waals surface area contributed by atoms with Gasteiger partial charge in [-0.25, -0.2) is 4.98 Å². The average molecular weight is 331 g/mol. The van der Waals surface area contributed by atoms with Crippen LogP contribution in [-0.4, -0.2) is 42.0 Å². The summed E-state index contributed by atoms with van der Waals surface area (Å²) in [6, 6.07) is 20.3. The minimum absolute atomic E-state index is 0.0225. The Balaban J connectivity index is 1.46. The molecule has 0 atom stereocenters. The molecule has 0 unspecified atom stereocenters. The lowest BCUT2D eigenvalue weighted by Crippen LogP contribution is -2.49. The Hall–Kier alpha value is -2.88. The summed E-state index contributed by atoms with van der Waals surface area (Å²) in [6.45, 7) is 5.24. The number of nitrogens with zero attached hydrogens (tertiary/aromatic N) is 3. The van der Waals surface area contributed by atoms with E-state index in [1.165, 1.54) is 11.3 Å². The number of amides is 1. The zero-order valence-electron chi connectivity index (χ0n) is 14.4. The lowest BCUT2D eigenvalue weighted by atomic mass is 10.1. The van der Waals surface area contributed by atoms with E-state index in [9.17, 15) is 4.79 Å². The third-order valence-electron chi connectivity index (χ3n) is 4.78. The number of fused-ring (bicyclic) bond motifs is 1. The van der Waals surface area contributed by atoms with Crippen molar-refractivity contribution in [3.8, 4) is 0 Å². The number of benzene rings is 2. The molecule has 0 spiro atoms. The zero-order chi connectivity index (χ0) is 17.2. The Morgan fingerprint density at radius 1 is 0.880 bits per heavy atom. The van der Waals surface area contributed by atoms with E-state index >= 15 is 0 Å². The van der Waals surface area contributed by atoms with Crippen LogP contribution < -0.4 is 4.90 Å². The van der Waals surface area contributed by atoms with Crippen LogP contribution in [0.5, 0.6) is 0 Å². The molecule has 1 aliphatic rings. The van der Waals surface area contributed by atoms with Gasteiger partial charge in [0.25, 0.3) is 5.91 Å². The molecule has 0 aliphatic carbocycles. The minimum atomic E-state index is 0.0225. The Morgan fingerprint density at radius 2 is 1.60 bits per heavy atom. The second kappa shape index (κ2) is 6.55. The molecule has 4 rings (SSSR count). The molecule has 3 aromatic rings. The van der Waals surface area contributed by atoms with Gasteiger partial charge in [-0.15, -0.1) is 0 Å². The van der Waals surface area contributed by atoms with Crippen LogP contribution in [0.1, 0.15) is 16.1 Å². The quantitative estimate of drug-likeness (QED) is 0.721. The second-order valence-corrected chi connectivity index (χ2v) is 6.50. The molecular weight excluding hydrogens is 310 g/mol. The topological polar surface area (TPSA) is 36.4 Å². The van der Waals surface area contributed by atoms with Crippen molar-refractivity contribution in [1.29, 1.82) is 0 Å². The summed E-state index contributed by atoms with van der Waals surface area (Å²) in [5, 5.41) is 1.06. The highest BCUT2D eigenvalue weighted by molar-refractivity contribution is 5.95. The van der Waals surface area contributed by atoms with E-state index in [-0.39, 0.29) is 5.91 Å². The van der Waals surface area contributed by atoms with Gasteiger partial charge in [-0.3, -0.25) is 4.79 Å². The van der Waals surface area contributed by atoms with Gasteiger partial charge in [0, 0.05) is 37.3 Å². The smallest absolute Gasteiger partial charge is 0.272 e. The molecule has 1 fully saturated rings. The highest BCUT2D eigenvalue weighted by Gasteiger charge is 2.23. The van der Waals surface area contributed by atoms with E-state index in [2.05, 4.69) is 41.1 Å². The number of aromatic nitrogens is 1. The molecule has 4 nitrogen and oxygen atoms in total. The Morgan fingerprint density at radius 3 is 2.36 bits per heavy atom. The molecule has 0 radical (unpaired) electrons.